The highest BCUT2D eigenvalue weighted by atomic mass is 16.2. The lowest BCUT2D eigenvalue weighted by Crippen LogP contribution is -2.43. The number of aromatic nitrogens is 2. The molecule has 0 spiro atoms. The van der Waals surface area contributed by atoms with Crippen molar-refractivity contribution in [2.45, 2.75) is 18.9 Å². The minimum atomic E-state index is -0.594. The number of hydrogen-bond acceptors (Lipinski definition) is 5. The molecule has 0 unspecified atom stereocenters. The summed E-state index contributed by atoms with van der Waals surface area (Å²) in [5, 5.41) is 10.1. The number of rotatable bonds is 1. The number of pyridine rings is 1. The zero-order valence-corrected chi connectivity index (χ0v) is 11.5. The van der Waals surface area contributed by atoms with Gasteiger partial charge in [0, 0.05) is 36.9 Å². The highest BCUT2D eigenvalue weighted by molar-refractivity contribution is 5.97. The molecule has 0 bridgehead atoms. The largest absolute Gasteiger partial charge is 0.368 e. The number of hydrogen-bond donors (Lipinski definition) is 2. The van der Waals surface area contributed by atoms with E-state index in [1.54, 1.807) is 12.3 Å². The summed E-state index contributed by atoms with van der Waals surface area (Å²) >= 11 is 0. The number of amides is 1. The lowest BCUT2D eigenvalue weighted by molar-refractivity contribution is 0.251. The molecule has 1 aliphatic rings. The molecule has 0 aliphatic carbocycles. The number of primary amides is 1. The lowest BCUT2D eigenvalue weighted by atomic mass is 10.0. The molecule has 108 valence electrons. The quantitative estimate of drug-likeness (QED) is 0.802. The predicted octanol–water partition coefficient (Wildman–Crippen LogP) is 0.762. The fourth-order valence-electron chi connectivity index (χ4n) is 2.89. The second-order valence-corrected chi connectivity index (χ2v) is 5.24. The molecule has 7 heteroatoms. The average Bonchev–Trinajstić information content (AvgIpc) is 2.90. The first kappa shape index (κ1) is 13.4. The molecule has 0 aromatic carbocycles. The standard InChI is InChI=1S/C14H16N6O/c15-6-9-7-18-13-11(3-5-20(13)14(17)21)12(9)19-4-1-2-10(16)8-19/h3,5,7,10H,1-2,4,8,16H2,(H2,17,21)/t10-/m1/s1. The van der Waals surface area contributed by atoms with Gasteiger partial charge in [-0.3, -0.25) is 4.57 Å². The third-order valence-corrected chi connectivity index (χ3v) is 3.82. The van der Waals surface area contributed by atoms with Gasteiger partial charge in [-0.15, -0.1) is 0 Å². The molecule has 21 heavy (non-hydrogen) atoms. The summed E-state index contributed by atoms with van der Waals surface area (Å²) < 4.78 is 1.28. The molecule has 4 N–H and O–H groups in total. The summed E-state index contributed by atoms with van der Waals surface area (Å²) in [5.74, 6) is 0. The first-order valence-corrected chi connectivity index (χ1v) is 6.82. The van der Waals surface area contributed by atoms with Crippen LogP contribution in [0.15, 0.2) is 18.5 Å². The minimum absolute atomic E-state index is 0.0896. The summed E-state index contributed by atoms with van der Waals surface area (Å²) in [6, 6.07) is 3.43. The number of nitrogens with two attached hydrogens (primary N) is 2. The van der Waals surface area contributed by atoms with Gasteiger partial charge in [0.25, 0.3) is 0 Å². The fourth-order valence-corrected chi connectivity index (χ4v) is 2.89. The monoisotopic (exact) mass is 284 g/mol. The molecule has 2 aromatic heterocycles. The number of carbonyl (C=O) groups excluding carboxylic acids is 1. The van der Waals surface area contributed by atoms with Gasteiger partial charge in [-0.2, -0.15) is 5.26 Å². The second-order valence-electron chi connectivity index (χ2n) is 5.24. The van der Waals surface area contributed by atoms with Crippen LogP contribution in [-0.2, 0) is 0 Å². The van der Waals surface area contributed by atoms with Crippen LogP contribution in [0, 0.1) is 11.3 Å². The van der Waals surface area contributed by atoms with Crippen molar-refractivity contribution in [2.24, 2.45) is 11.5 Å². The Balaban J connectivity index is 2.19. The molecular formula is C14H16N6O. The highest BCUT2D eigenvalue weighted by Gasteiger charge is 2.23. The van der Waals surface area contributed by atoms with Crippen LogP contribution in [-0.4, -0.2) is 34.7 Å². The summed E-state index contributed by atoms with van der Waals surface area (Å²) in [6.07, 6.45) is 5.02. The van der Waals surface area contributed by atoms with Crippen LogP contribution >= 0.6 is 0 Å². The van der Waals surface area contributed by atoms with Crippen LogP contribution < -0.4 is 16.4 Å². The Kier molecular flexibility index (Phi) is 3.23. The number of piperidine rings is 1. The summed E-state index contributed by atoms with van der Waals surface area (Å²) in [5.41, 5.74) is 13.1. The van der Waals surface area contributed by atoms with Gasteiger partial charge in [0.15, 0.2) is 0 Å². The second kappa shape index (κ2) is 5.07. The van der Waals surface area contributed by atoms with E-state index in [0.717, 1.165) is 30.5 Å². The SMILES string of the molecule is N#Cc1cnc2c(ccn2C(N)=O)c1N1CCC[C@@H](N)C1. The van der Waals surface area contributed by atoms with Crippen molar-refractivity contribution in [1.29, 1.82) is 5.26 Å². The highest BCUT2D eigenvalue weighted by Crippen LogP contribution is 2.31. The Morgan fingerprint density at radius 2 is 2.33 bits per heavy atom. The van der Waals surface area contributed by atoms with Crippen molar-refractivity contribution in [3.8, 4) is 6.07 Å². The van der Waals surface area contributed by atoms with Crippen LogP contribution in [0.4, 0.5) is 10.5 Å². The fraction of sp³-hybridized carbons (Fsp3) is 0.357. The van der Waals surface area contributed by atoms with Crippen LogP contribution in [0.3, 0.4) is 0 Å². The summed E-state index contributed by atoms with van der Waals surface area (Å²) in [7, 11) is 0. The van der Waals surface area contributed by atoms with E-state index in [1.165, 1.54) is 10.8 Å². The van der Waals surface area contributed by atoms with Gasteiger partial charge >= 0.3 is 6.03 Å². The molecule has 7 nitrogen and oxygen atoms in total. The van der Waals surface area contributed by atoms with Crippen LogP contribution in [0.25, 0.3) is 11.0 Å². The van der Waals surface area contributed by atoms with Crippen molar-refractivity contribution in [1.82, 2.24) is 9.55 Å². The molecule has 1 fully saturated rings. The van der Waals surface area contributed by atoms with Gasteiger partial charge in [0.2, 0.25) is 0 Å². The van der Waals surface area contributed by atoms with Crippen LogP contribution in [0.5, 0.6) is 0 Å². The lowest BCUT2D eigenvalue weighted by Gasteiger charge is -2.33. The molecule has 1 amide bonds. The van der Waals surface area contributed by atoms with Crippen molar-refractivity contribution < 1.29 is 4.79 Å². The van der Waals surface area contributed by atoms with E-state index in [-0.39, 0.29) is 6.04 Å². The Morgan fingerprint density at radius 3 is 3.00 bits per heavy atom. The van der Waals surface area contributed by atoms with Crippen molar-refractivity contribution in [3.05, 3.63) is 24.0 Å². The molecule has 1 saturated heterocycles. The minimum Gasteiger partial charge on any atom is -0.368 e. The summed E-state index contributed by atoms with van der Waals surface area (Å²) in [6.45, 7) is 1.53. The van der Waals surface area contributed by atoms with E-state index in [9.17, 15) is 10.1 Å². The molecular weight excluding hydrogens is 268 g/mol. The molecule has 3 rings (SSSR count). The molecule has 1 atom stereocenters. The van der Waals surface area contributed by atoms with Gasteiger partial charge in [-0.1, -0.05) is 0 Å². The normalized spacial score (nSPS) is 18.7. The number of anilines is 1. The maximum absolute atomic E-state index is 11.4. The molecule has 0 radical (unpaired) electrons. The first-order valence-electron chi connectivity index (χ1n) is 6.82. The average molecular weight is 284 g/mol. The Bertz CT molecular complexity index is 744. The number of nitriles is 1. The third-order valence-electron chi connectivity index (χ3n) is 3.82. The van der Waals surface area contributed by atoms with E-state index in [0.29, 0.717) is 17.8 Å². The van der Waals surface area contributed by atoms with Gasteiger partial charge in [0.05, 0.1) is 11.3 Å². The Labute approximate surface area is 121 Å². The van der Waals surface area contributed by atoms with Crippen molar-refractivity contribution in [3.63, 3.8) is 0 Å². The Hall–Kier alpha value is -2.59. The molecule has 2 aromatic rings. The number of fused-ring (bicyclic) bond motifs is 1. The van der Waals surface area contributed by atoms with Gasteiger partial charge < -0.3 is 16.4 Å². The maximum atomic E-state index is 11.4. The topological polar surface area (TPSA) is 114 Å². The van der Waals surface area contributed by atoms with E-state index >= 15 is 0 Å². The van der Waals surface area contributed by atoms with Crippen molar-refractivity contribution in [2.75, 3.05) is 18.0 Å². The van der Waals surface area contributed by atoms with E-state index in [4.69, 9.17) is 11.5 Å². The van der Waals surface area contributed by atoms with Gasteiger partial charge in [0.1, 0.15) is 11.7 Å². The van der Waals surface area contributed by atoms with E-state index in [1.807, 2.05) is 0 Å². The summed E-state index contributed by atoms with van der Waals surface area (Å²) in [4.78, 5) is 17.7. The zero-order valence-electron chi connectivity index (χ0n) is 11.5. The van der Waals surface area contributed by atoms with Crippen LogP contribution in [0.1, 0.15) is 18.4 Å². The van der Waals surface area contributed by atoms with E-state index < -0.39 is 6.03 Å². The molecule has 0 saturated carbocycles. The van der Waals surface area contributed by atoms with Gasteiger partial charge in [-0.05, 0) is 18.9 Å². The van der Waals surface area contributed by atoms with E-state index in [2.05, 4.69) is 16.0 Å². The molecule has 1 aliphatic heterocycles. The maximum Gasteiger partial charge on any atom is 0.324 e. The number of carbonyl (C=O) groups is 1. The predicted molar refractivity (Wildman–Crippen MR) is 78.9 cm³/mol. The molecule has 3 heterocycles. The number of nitrogens with zero attached hydrogens (tertiary/aromatic N) is 4. The first-order chi connectivity index (χ1) is 10.1. The van der Waals surface area contributed by atoms with Crippen molar-refractivity contribution >= 4 is 22.8 Å². The smallest absolute Gasteiger partial charge is 0.324 e. The zero-order chi connectivity index (χ0) is 15.0. The van der Waals surface area contributed by atoms with Crippen LogP contribution in [0.2, 0.25) is 0 Å². The Morgan fingerprint density at radius 1 is 1.52 bits per heavy atom. The van der Waals surface area contributed by atoms with Gasteiger partial charge in [-0.25, -0.2) is 9.78 Å². The third kappa shape index (κ3) is 2.19.